The van der Waals surface area contributed by atoms with E-state index in [-0.39, 0.29) is 0 Å². The quantitative estimate of drug-likeness (QED) is 0.818. The molecular weight excluding hydrogens is 212 g/mol. The van der Waals surface area contributed by atoms with E-state index in [4.69, 9.17) is 5.73 Å². The first-order valence-electron chi connectivity index (χ1n) is 5.99. The third kappa shape index (κ3) is 2.02. The number of hydrogen-bond donors (Lipinski definition) is 1. The van der Waals surface area contributed by atoms with Crippen molar-refractivity contribution in [3.8, 4) is 0 Å². The van der Waals surface area contributed by atoms with Crippen molar-refractivity contribution in [2.75, 3.05) is 5.73 Å². The van der Waals surface area contributed by atoms with Crippen LogP contribution in [0, 0.1) is 6.92 Å². The molecule has 88 valence electrons. The summed E-state index contributed by atoms with van der Waals surface area (Å²) in [5.74, 6) is 2.07. The zero-order valence-corrected chi connectivity index (χ0v) is 9.93. The lowest BCUT2D eigenvalue weighted by Crippen LogP contribution is -2.04. The minimum absolute atomic E-state index is 0.626. The van der Waals surface area contributed by atoms with Crippen molar-refractivity contribution in [3.63, 3.8) is 0 Å². The molecule has 4 heteroatoms. The maximum Gasteiger partial charge on any atom is 0.137 e. The molecule has 0 aliphatic heterocycles. The molecule has 0 radical (unpaired) electrons. The Morgan fingerprint density at radius 2 is 2.18 bits per heavy atom. The molecule has 0 atom stereocenters. The molecule has 2 aromatic rings. The van der Waals surface area contributed by atoms with Crippen molar-refractivity contribution in [1.29, 1.82) is 0 Å². The Balaban J connectivity index is 1.90. The molecule has 17 heavy (non-hydrogen) atoms. The molecule has 0 spiro atoms. The second-order valence-electron chi connectivity index (χ2n) is 4.69. The average Bonchev–Trinajstić information content (AvgIpc) is 3.05. The van der Waals surface area contributed by atoms with Gasteiger partial charge < -0.3 is 10.3 Å². The van der Waals surface area contributed by atoms with Crippen molar-refractivity contribution in [3.05, 3.63) is 41.5 Å². The van der Waals surface area contributed by atoms with Crippen molar-refractivity contribution in [1.82, 2.24) is 14.8 Å². The van der Waals surface area contributed by atoms with Crippen molar-refractivity contribution in [2.24, 2.45) is 0 Å². The van der Waals surface area contributed by atoms with Crippen molar-refractivity contribution >= 4 is 5.69 Å². The van der Waals surface area contributed by atoms with E-state index < -0.39 is 0 Å². The summed E-state index contributed by atoms with van der Waals surface area (Å²) in [6.45, 7) is 2.02. The summed E-state index contributed by atoms with van der Waals surface area (Å²) in [5, 5.41) is 8.45. The Bertz CT molecular complexity index is 540. The second kappa shape index (κ2) is 3.87. The van der Waals surface area contributed by atoms with Crippen LogP contribution in [0.3, 0.4) is 0 Å². The SMILES string of the molecule is Cc1nnc(Cc2cccc(N)c2)n1C1CC1. The molecule has 4 nitrogen and oxygen atoms in total. The fraction of sp³-hybridized carbons (Fsp3) is 0.385. The highest BCUT2D eigenvalue weighted by atomic mass is 15.3. The van der Waals surface area contributed by atoms with Crippen LogP contribution in [0.25, 0.3) is 0 Å². The van der Waals surface area contributed by atoms with Gasteiger partial charge in [0.1, 0.15) is 11.6 Å². The van der Waals surface area contributed by atoms with Gasteiger partial charge in [0.2, 0.25) is 0 Å². The van der Waals surface area contributed by atoms with Gasteiger partial charge in [-0.1, -0.05) is 12.1 Å². The van der Waals surface area contributed by atoms with E-state index in [9.17, 15) is 0 Å². The predicted octanol–water partition coefficient (Wildman–Crippen LogP) is 2.09. The summed E-state index contributed by atoms with van der Waals surface area (Å²) in [6, 6.07) is 8.59. The Morgan fingerprint density at radius 1 is 1.35 bits per heavy atom. The van der Waals surface area contributed by atoms with Gasteiger partial charge in [0, 0.05) is 18.2 Å². The van der Waals surface area contributed by atoms with Gasteiger partial charge in [-0.25, -0.2) is 0 Å². The molecule has 1 saturated carbocycles. The fourth-order valence-electron chi connectivity index (χ4n) is 2.23. The van der Waals surface area contributed by atoms with Crippen molar-refractivity contribution < 1.29 is 0 Å². The molecule has 0 unspecified atom stereocenters. The van der Waals surface area contributed by atoms with Gasteiger partial charge >= 0.3 is 0 Å². The van der Waals surface area contributed by atoms with Gasteiger partial charge in [-0.2, -0.15) is 0 Å². The van der Waals surface area contributed by atoms with Gasteiger partial charge in [-0.15, -0.1) is 10.2 Å². The van der Waals surface area contributed by atoms with Gasteiger partial charge in [0.05, 0.1) is 0 Å². The maximum atomic E-state index is 5.78. The van der Waals surface area contributed by atoms with Crippen molar-refractivity contribution in [2.45, 2.75) is 32.2 Å². The number of benzene rings is 1. The maximum absolute atomic E-state index is 5.78. The Kier molecular flexibility index (Phi) is 2.35. The van der Waals surface area contributed by atoms with E-state index in [1.807, 2.05) is 25.1 Å². The van der Waals surface area contributed by atoms with E-state index >= 15 is 0 Å². The zero-order chi connectivity index (χ0) is 11.8. The highest BCUT2D eigenvalue weighted by Crippen LogP contribution is 2.36. The normalized spacial score (nSPS) is 15.1. The molecule has 3 rings (SSSR count). The summed E-state index contributed by atoms with van der Waals surface area (Å²) in [5.41, 5.74) is 7.78. The van der Waals surface area contributed by atoms with Gasteiger partial charge in [0.25, 0.3) is 0 Å². The lowest BCUT2D eigenvalue weighted by atomic mass is 10.1. The van der Waals surface area contributed by atoms with Gasteiger partial charge in [-0.3, -0.25) is 0 Å². The van der Waals surface area contributed by atoms with Crippen LogP contribution in [-0.2, 0) is 6.42 Å². The number of anilines is 1. The van der Waals surface area contributed by atoms with Crippen LogP contribution in [0.5, 0.6) is 0 Å². The molecule has 1 fully saturated rings. The fourth-order valence-corrected chi connectivity index (χ4v) is 2.23. The lowest BCUT2D eigenvalue weighted by Gasteiger charge is -2.07. The molecule has 2 N–H and O–H groups in total. The van der Waals surface area contributed by atoms with Crippen LogP contribution < -0.4 is 5.73 Å². The van der Waals surface area contributed by atoms with Crippen LogP contribution in [0.2, 0.25) is 0 Å². The smallest absolute Gasteiger partial charge is 0.137 e. The average molecular weight is 228 g/mol. The molecule has 0 amide bonds. The highest BCUT2D eigenvalue weighted by molar-refractivity contribution is 5.41. The first kappa shape index (κ1) is 10.3. The van der Waals surface area contributed by atoms with E-state index in [1.54, 1.807) is 0 Å². The van der Waals surface area contributed by atoms with E-state index in [0.717, 1.165) is 23.8 Å². The summed E-state index contributed by atoms with van der Waals surface area (Å²) in [4.78, 5) is 0. The third-order valence-electron chi connectivity index (χ3n) is 3.16. The highest BCUT2D eigenvalue weighted by Gasteiger charge is 2.27. The first-order valence-corrected chi connectivity index (χ1v) is 5.99. The largest absolute Gasteiger partial charge is 0.399 e. The molecule has 0 saturated heterocycles. The number of rotatable bonds is 3. The molecule has 1 aromatic carbocycles. The van der Waals surface area contributed by atoms with Gasteiger partial charge in [0.15, 0.2) is 0 Å². The molecule has 1 heterocycles. The Labute approximate surface area is 100 Å². The Hall–Kier alpha value is -1.84. The number of nitrogen functional groups attached to an aromatic ring is 1. The molecule has 1 aliphatic rings. The number of aryl methyl sites for hydroxylation is 1. The second-order valence-corrected chi connectivity index (χ2v) is 4.69. The van der Waals surface area contributed by atoms with Gasteiger partial charge in [-0.05, 0) is 37.5 Å². The van der Waals surface area contributed by atoms with Crippen LogP contribution in [0.15, 0.2) is 24.3 Å². The lowest BCUT2D eigenvalue weighted by molar-refractivity contribution is 0.673. The summed E-state index contributed by atoms with van der Waals surface area (Å²) >= 11 is 0. The number of nitrogens with zero attached hydrogens (tertiary/aromatic N) is 3. The van der Waals surface area contributed by atoms with E-state index in [1.165, 1.54) is 18.4 Å². The minimum atomic E-state index is 0.626. The third-order valence-corrected chi connectivity index (χ3v) is 3.16. The summed E-state index contributed by atoms with van der Waals surface area (Å²) < 4.78 is 2.27. The van der Waals surface area contributed by atoms with E-state index in [0.29, 0.717) is 6.04 Å². The topological polar surface area (TPSA) is 56.7 Å². The predicted molar refractivity (Wildman–Crippen MR) is 66.7 cm³/mol. The molecule has 1 aliphatic carbocycles. The standard InChI is InChI=1S/C13H16N4/c1-9-15-16-13(17(9)12-5-6-12)8-10-3-2-4-11(14)7-10/h2-4,7,12H,5-6,8,14H2,1H3. The molecular formula is C13H16N4. The zero-order valence-electron chi connectivity index (χ0n) is 9.93. The van der Waals surface area contributed by atoms with E-state index in [2.05, 4.69) is 20.8 Å². The summed E-state index contributed by atoms with van der Waals surface area (Å²) in [6.07, 6.45) is 3.31. The van der Waals surface area contributed by atoms with Crippen LogP contribution in [-0.4, -0.2) is 14.8 Å². The number of nitrogens with two attached hydrogens (primary N) is 1. The van der Waals surface area contributed by atoms with Crippen LogP contribution >= 0.6 is 0 Å². The number of hydrogen-bond acceptors (Lipinski definition) is 3. The molecule has 0 bridgehead atoms. The van der Waals surface area contributed by atoms with Crippen LogP contribution in [0.4, 0.5) is 5.69 Å². The first-order chi connectivity index (χ1) is 8.24. The molecule has 1 aromatic heterocycles. The monoisotopic (exact) mass is 228 g/mol. The summed E-state index contributed by atoms with van der Waals surface area (Å²) in [7, 11) is 0. The minimum Gasteiger partial charge on any atom is -0.399 e. The van der Waals surface area contributed by atoms with Crippen LogP contribution in [0.1, 0.15) is 36.1 Å². The number of aromatic nitrogens is 3. The Morgan fingerprint density at radius 3 is 2.88 bits per heavy atom.